The van der Waals surface area contributed by atoms with E-state index in [0.29, 0.717) is 12.1 Å². The van der Waals surface area contributed by atoms with Crippen LogP contribution in [-0.2, 0) is 10.0 Å². The van der Waals surface area contributed by atoms with Crippen molar-refractivity contribution in [2.24, 2.45) is 0 Å². The second-order valence-electron chi connectivity index (χ2n) is 5.92. The molecule has 0 saturated heterocycles. The molecule has 0 fully saturated rings. The van der Waals surface area contributed by atoms with Crippen molar-refractivity contribution >= 4 is 21.8 Å². The van der Waals surface area contributed by atoms with Crippen molar-refractivity contribution in [2.45, 2.75) is 25.2 Å². The van der Waals surface area contributed by atoms with Crippen LogP contribution in [0.1, 0.15) is 39.6 Å². The maximum atomic E-state index is 12.5. The monoisotopic (exact) mass is 390 g/mol. The summed E-state index contributed by atoms with van der Waals surface area (Å²) in [6.07, 6.45) is 0.798. The first-order valence-corrected chi connectivity index (χ1v) is 9.87. The number of methoxy groups -OCH3 is 1. The number of rotatable bonds is 7. The van der Waals surface area contributed by atoms with Gasteiger partial charge in [0.2, 0.25) is 0 Å². The number of hydrogen-bond donors (Lipinski definition) is 2. The van der Waals surface area contributed by atoms with Gasteiger partial charge in [-0.05, 0) is 49.7 Å². The molecule has 7 nitrogen and oxygen atoms in total. The number of hydrogen-bond acceptors (Lipinski definition) is 5. The molecule has 144 valence electrons. The minimum atomic E-state index is -4.09. The van der Waals surface area contributed by atoms with Gasteiger partial charge in [0.15, 0.2) is 0 Å². The van der Waals surface area contributed by atoms with E-state index in [9.17, 15) is 18.0 Å². The van der Waals surface area contributed by atoms with Crippen molar-refractivity contribution in [3.8, 4) is 5.75 Å². The number of benzene rings is 2. The van der Waals surface area contributed by atoms with E-state index in [2.05, 4.69) is 5.32 Å². The molecule has 2 N–H and O–H groups in total. The third-order valence-corrected chi connectivity index (χ3v) is 5.14. The van der Waals surface area contributed by atoms with Crippen LogP contribution in [0.2, 0.25) is 0 Å². The summed E-state index contributed by atoms with van der Waals surface area (Å²) in [5.41, 5.74) is 1.26. The summed E-state index contributed by atoms with van der Waals surface area (Å²) < 4.78 is 32.1. The molecule has 0 aliphatic heterocycles. The molecule has 0 aromatic heterocycles. The number of amides is 2. The summed E-state index contributed by atoms with van der Waals surface area (Å²) in [6.45, 7) is 4.25. The highest BCUT2D eigenvalue weighted by molar-refractivity contribution is 7.90. The SMILES string of the molecule is CCCNC(=O)c1ccc(S(=O)(=O)NC(=O)c2cc(C)ccc2OC)cc1. The smallest absolute Gasteiger partial charge is 0.268 e. The normalized spacial score (nSPS) is 10.9. The van der Waals surface area contributed by atoms with Crippen LogP contribution in [0.5, 0.6) is 5.75 Å². The van der Waals surface area contributed by atoms with Crippen molar-refractivity contribution < 1.29 is 22.7 Å². The molecular formula is C19H22N2O5S. The van der Waals surface area contributed by atoms with Crippen LogP contribution in [0.4, 0.5) is 0 Å². The van der Waals surface area contributed by atoms with Crippen molar-refractivity contribution in [1.29, 1.82) is 0 Å². The van der Waals surface area contributed by atoms with E-state index in [-0.39, 0.29) is 22.1 Å². The molecule has 2 rings (SSSR count). The molecule has 0 spiro atoms. The first-order valence-electron chi connectivity index (χ1n) is 8.38. The highest BCUT2D eigenvalue weighted by Crippen LogP contribution is 2.20. The maximum Gasteiger partial charge on any atom is 0.268 e. The molecule has 0 bridgehead atoms. The van der Waals surface area contributed by atoms with E-state index < -0.39 is 15.9 Å². The van der Waals surface area contributed by atoms with Gasteiger partial charge in [-0.25, -0.2) is 13.1 Å². The lowest BCUT2D eigenvalue weighted by molar-refractivity contribution is 0.0950. The Kier molecular flexibility index (Phi) is 6.57. The molecule has 27 heavy (non-hydrogen) atoms. The first kappa shape index (κ1) is 20.4. The molecule has 0 aliphatic carbocycles. The van der Waals surface area contributed by atoms with Crippen molar-refractivity contribution in [3.05, 3.63) is 59.2 Å². The largest absolute Gasteiger partial charge is 0.496 e. The summed E-state index contributed by atoms with van der Waals surface area (Å²) in [4.78, 5) is 24.2. The second kappa shape index (κ2) is 8.68. The van der Waals surface area contributed by atoms with Gasteiger partial charge >= 0.3 is 0 Å². The fourth-order valence-electron chi connectivity index (χ4n) is 2.36. The van der Waals surface area contributed by atoms with Gasteiger partial charge in [-0.15, -0.1) is 0 Å². The Morgan fingerprint density at radius 2 is 1.70 bits per heavy atom. The lowest BCUT2D eigenvalue weighted by atomic mass is 10.1. The molecule has 0 saturated carbocycles. The van der Waals surface area contributed by atoms with Gasteiger partial charge in [-0.2, -0.15) is 0 Å². The molecule has 0 unspecified atom stereocenters. The number of sulfonamides is 1. The van der Waals surface area contributed by atoms with Crippen LogP contribution in [0.15, 0.2) is 47.4 Å². The van der Waals surface area contributed by atoms with E-state index in [1.54, 1.807) is 25.1 Å². The van der Waals surface area contributed by atoms with Gasteiger partial charge in [-0.3, -0.25) is 9.59 Å². The van der Waals surface area contributed by atoms with E-state index >= 15 is 0 Å². The van der Waals surface area contributed by atoms with Crippen LogP contribution in [0.3, 0.4) is 0 Å². The molecular weight excluding hydrogens is 368 g/mol. The van der Waals surface area contributed by atoms with Crippen LogP contribution < -0.4 is 14.8 Å². The lowest BCUT2D eigenvalue weighted by Crippen LogP contribution is -2.31. The summed E-state index contributed by atoms with van der Waals surface area (Å²) in [5.74, 6) is -0.800. The fraction of sp³-hybridized carbons (Fsp3) is 0.263. The van der Waals surface area contributed by atoms with Crippen LogP contribution in [0, 0.1) is 6.92 Å². The van der Waals surface area contributed by atoms with Crippen LogP contribution in [0.25, 0.3) is 0 Å². The molecule has 2 aromatic carbocycles. The zero-order valence-electron chi connectivity index (χ0n) is 15.4. The molecule has 0 heterocycles. The quantitative estimate of drug-likeness (QED) is 0.755. The number of carbonyl (C=O) groups excluding carboxylic acids is 2. The summed E-state index contributed by atoms with van der Waals surface area (Å²) in [5, 5.41) is 2.71. The standard InChI is InChI=1S/C19H22N2O5S/c1-4-11-20-18(22)14-6-8-15(9-7-14)27(24,25)21-19(23)16-12-13(2)5-10-17(16)26-3/h5-10,12H,4,11H2,1-3H3,(H,20,22)(H,21,23). The Morgan fingerprint density at radius 1 is 1.04 bits per heavy atom. The topological polar surface area (TPSA) is 102 Å². The van der Waals surface area contributed by atoms with E-state index in [4.69, 9.17) is 4.74 Å². The van der Waals surface area contributed by atoms with Crippen LogP contribution in [-0.4, -0.2) is 33.9 Å². The summed E-state index contributed by atoms with van der Waals surface area (Å²) >= 11 is 0. The van der Waals surface area contributed by atoms with E-state index in [1.165, 1.54) is 31.4 Å². The average molecular weight is 390 g/mol. The highest BCUT2D eigenvalue weighted by atomic mass is 32.2. The van der Waals surface area contributed by atoms with Gasteiger partial charge in [0.1, 0.15) is 5.75 Å². The summed E-state index contributed by atoms with van der Waals surface area (Å²) in [7, 11) is -2.69. The fourth-order valence-corrected chi connectivity index (χ4v) is 3.33. The van der Waals surface area contributed by atoms with Crippen molar-refractivity contribution in [2.75, 3.05) is 13.7 Å². The van der Waals surface area contributed by atoms with E-state index in [0.717, 1.165) is 12.0 Å². The molecule has 0 radical (unpaired) electrons. The molecule has 8 heteroatoms. The van der Waals surface area contributed by atoms with Crippen molar-refractivity contribution in [1.82, 2.24) is 10.0 Å². The van der Waals surface area contributed by atoms with E-state index in [1.807, 2.05) is 11.6 Å². The van der Waals surface area contributed by atoms with Gasteiger partial charge < -0.3 is 10.1 Å². The third kappa shape index (κ3) is 5.07. The predicted molar refractivity (Wildman–Crippen MR) is 101 cm³/mol. The Morgan fingerprint density at radius 3 is 2.30 bits per heavy atom. The first-order chi connectivity index (χ1) is 12.8. The predicted octanol–water partition coefficient (Wildman–Crippen LogP) is 2.26. The molecule has 0 atom stereocenters. The Hall–Kier alpha value is -2.87. The van der Waals surface area contributed by atoms with Crippen molar-refractivity contribution in [3.63, 3.8) is 0 Å². The average Bonchev–Trinajstić information content (AvgIpc) is 2.65. The highest BCUT2D eigenvalue weighted by Gasteiger charge is 2.21. The van der Waals surface area contributed by atoms with Gasteiger partial charge in [0, 0.05) is 12.1 Å². The maximum absolute atomic E-state index is 12.5. The number of nitrogens with one attached hydrogen (secondary N) is 2. The molecule has 2 aromatic rings. The molecule has 2 amide bonds. The van der Waals surface area contributed by atoms with Gasteiger partial charge in [-0.1, -0.05) is 18.6 Å². The minimum absolute atomic E-state index is 0.116. The third-order valence-electron chi connectivity index (χ3n) is 3.79. The second-order valence-corrected chi connectivity index (χ2v) is 7.60. The molecule has 0 aliphatic rings. The minimum Gasteiger partial charge on any atom is -0.496 e. The van der Waals surface area contributed by atoms with Gasteiger partial charge in [0.05, 0.1) is 17.6 Å². The zero-order chi connectivity index (χ0) is 20.0. The number of ether oxygens (including phenoxy) is 1. The summed E-state index contributed by atoms with van der Waals surface area (Å²) in [6, 6.07) is 10.3. The Bertz CT molecular complexity index is 937. The Balaban J connectivity index is 2.20. The number of aryl methyl sites for hydroxylation is 1. The Labute approximate surface area is 158 Å². The number of carbonyl (C=O) groups is 2. The van der Waals surface area contributed by atoms with Gasteiger partial charge in [0.25, 0.3) is 21.8 Å². The van der Waals surface area contributed by atoms with Crippen LogP contribution >= 0.6 is 0 Å². The zero-order valence-corrected chi connectivity index (χ0v) is 16.2. The lowest BCUT2D eigenvalue weighted by Gasteiger charge is -2.11.